The molecule has 1 amide bonds. The zero-order chi connectivity index (χ0) is 21.7. The number of ether oxygens (including phenoxy) is 2. The lowest BCUT2D eigenvalue weighted by Gasteiger charge is -2.14. The Labute approximate surface area is 169 Å². The van der Waals surface area contributed by atoms with Crippen LogP contribution in [0.25, 0.3) is 0 Å². The average molecular weight is 417 g/mol. The first-order chi connectivity index (χ1) is 14.4. The molecule has 0 aliphatic carbocycles. The Hall–Kier alpha value is -3.82. The number of halogens is 2. The maximum absolute atomic E-state index is 14.6. The van der Waals surface area contributed by atoms with E-state index in [1.165, 1.54) is 43.5 Å². The fraction of sp³-hybridized carbons (Fsp3) is 0.200. The minimum atomic E-state index is -3.59. The van der Waals surface area contributed by atoms with E-state index in [2.05, 4.69) is 20.3 Å². The van der Waals surface area contributed by atoms with E-state index < -0.39 is 35.6 Å². The third kappa shape index (κ3) is 4.27. The van der Waals surface area contributed by atoms with Gasteiger partial charge in [-0.05, 0) is 24.3 Å². The molecule has 0 bridgehead atoms. The number of carbonyl (C=O) groups excluding carboxylic acids is 2. The molecule has 1 N–H and O–H groups in total. The molecule has 3 aromatic rings. The van der Waals surface area contributed by atoms with Gasteiger partial charge in [-0.1, -0.05) is 30.3 Å². The molecule has 0 saturated carbocycles. The smallest absolute Gasteiger partial charge is 0.349 e. The predicted octanol–water partition coefficient (Wildman–Crippen LogP) is 2.86. The number of rotatable bonds is 7. The second-order valence-electron chi connectivity index (χ2n) is 6.04. The van der Waals surface area contributed by atoms with Crippen molar-refractivity contribution in [2.24, 2.45) is 0 Å². The summed E-state index contributed by atoms with van der Waals surface area (Å²) < 4.78 is 44.0. The number of hydrogen-bond acceptors (Lipinski definition) is 7. The molecule has 0 aliphatic heterocycles. The molecule has 30 heavy (non-hydrogen) atoms. The molecule has 1 heterocycles. The van der Waals surface area contributed by atoms with Gasteiger partial charge in [-0.15, -0.1) is 10.2 Å². The molecule has 1 unspecified atom stereocenters. The zero-order valence-electron chi connectivity index (χ0n) is 16.0. The first-order valence-corrected chi connectivity index (χ1v) is 8.66. The van der Waals surface area contributed by atoms with Crippen LogP contribution in [0.2, 0.25) is 0 Å². The van der Waals surface area contributed by atoms with Gasteiger partial charge in [-0.2, -0.15) is 8.78 Å². The van der Waals surface area contributed by atoms with Gasteiger partial charge in [-0.3, -0.25) is 4.79 Å². The van der Waals surface area contributed by atoms with Crippen molar-refractivity contribution < 1.29 is 32.3 Å². The number of alkyl halides is 2. The molecular weight excluding hydrogens is 400 g/mol. The summed E-state index contributed by atoms with van der Waals surface area (Å²) in [5.41, 5.74) is -0.170. The Balaban J connectivity index is 1.86. The summed E-state index contributed by atoms with van der Waals surface area (Å²) in [7, 11) is 2.55. The Morgan fingerprint density at radius 3 is 2.30 bits per heavy atom. The van der Waals surface area contributed by atoms with Gasteiger partial charge in [0.15, 0.2) is 0 Å². The number of benzene rings is 2. The Morgan fingerprint density at radius 2 is 1.70 bits per heavy atom. The molecule has 0 aliphatic rings. The summed E-state index contributed by atoms with van der Waals surface area (Å²) in [4.78, 5) is 24.6. The minimum absolute atomic E-state index is 0.194. The maximum atomic E-state index is 14.6. The molecule has 8 nitrogen and oxygen atoms in total. The number of methoxy groups -OCH3 is 2. The normalized spacial score (nSPS) is 12.1. The highest BCUT2D eigenvalue weighted by atomic mass is 19.3. The monoisotopic (exact) mass is 417 g/mol. The van der Waals surface area contributed by atoms with Crippen molar-refractivity contribution in [3.63, 3.8) is 0 Å². The maximum Gasteiger partial charge on any atom is 0.349 e. The van der Waals surface area contributed by atoms with Gasteiger partial charge in [0.25, 0.3) is 17.7 Å². The number of hydrogen-bond donors (Lipinski definition) is 1. The van der Waals surface area contributed by atoms with Gasteiger partial charge >= 0.3 is 11.9 Å². The van der Waals surface area contributed by atoms with E-state index in [1.54, 1.807) is 18.2 Å². The summed E-state index contributed by atoms with van der Waals surface area (Å²) in [6, 6.07) is 11.3. The quantitative estimate of drug-likeness (QED) is 0.590. The minimum Gasteiger partial charge on any atom is -0.497 e. The number of nitrogens with one attached hydrogen (secondary N) is 1. The molecule has 0 saturated heterocycles. The van der Waals surface area contributed by atoms with Crippen LogP contribution in [0.1, 0.15) is 33.7 Å². The first-order valence-electron chi connectivity index (χ1n) is 8.66. The van der Waals surface area contributed by atoms with E-state index in [0.29, 0.717) is 5.75 Å². The number of amides is 1. The van der Waals surface area contributed by atoms with Crippen molar-refractivity contribution in [1.82, 2.24) is 15.5 Å². The van der Waals surface area contributed by atoms with E-state index in [1.807, 2.05) is 0 Å². The predicted molar refractivity (Wildman–Crippen MR) is 99.0 cm³/mol. The largest absolute Gasteiger partial charge is 0.497 e. The van der Waals surface area contributed by atoms with E-state index >= 15 is 0 Å². The van der Waals surface area contributed by atoms with Crippen molar-refractivity contribution in [2.75, 3.05) is 14.2 Å². The molecule has 0 spiro atoms. The van der Waals surface area contributed by atoms with Gasteiger partial charge in [0.2, 0.25) is 6.04 Å². The average Bonchev–Trinajstić information content (AvgIpc) is 3.28. The molecule has 1 aromatic heterocycles. The van der Waals surface area contributed by atoms with Crippen molar-refractivity contribution in [3.8, 4) is 5.75 Å². The van der Waals surface area contributed by atoms with Gasteiger partial charge in [-0.25, -0.2) is 4.79 Å². The van der Waals surface area contributed by atoms with E-state index in [4.69, 9.17) is 9.15 Å². The highest BCUT2D eigenvalue weighted by Crippen LogP contribution is 2.35. The lowest BCUT2D eigenvalue weighted by Crippen LogP contribution is -2.34. The van der Waals surface area contributed by atoms with Gasteiger partial charge < -0.3 is 19.2 Å². The highest BCUT2D eigenvalue weighted by Gasteiger charge is 2.42. The van der Waals surface area contributed by atoms with Crippen molar-refractivity contribution >= 4 is 11.9 Å². The van der Waals surface area contributed by atoms with Crippen molar-refractivity contribution in [1.29, 1.82) is 0 Å². The third-order valence-electron chi connectivity index (χ3n) is 4.16. The Bertz CT molecular complexity index is 1020. The van der Waals surface area contributed by atoms with Crippen LogP contribution in [0.3, 0.4) is 0 Å². The molecule has 3 rings (SSSR count). The van der Waals surface area contributed by atoms with E-state index in [0.717, 1.165) is 7.11 Å². The standard InChI is InChI=1S/C20H17F2N3O5/c1-28-14-10-8-12(9-11-14)16(26)23-15(18(27)29-2)17-24-25-19(30-17)20(21,22)13-6-4-3-5-7-13/h3-11,15H,1-2H3,(H,23,26). The Kier molecular flexibility index (Phi) is 6.05. The Morgan fingerprint density at radius 1 is 1.03 bits per heavy atom. The van der Waals surface area contributed by atoms with Crippen LogP contribution in [-0.4, -0.2) is 36.3 Å². The van der Waals surface area contributed by atoms with Gasteiger partial charge in [0.1, 0.15) is 5.75 Å². The fourth-order valence-corrected chi connectivity index (χ4v) is 2.55. The van der Waals surface area contributed by atoms with Gasteiger partial charge in [0, 0.05) is 11.1 Å². The summed E-state index contributed by atoms with van der Waals surface area (Å²) >= 11 is 0. The van der Waals surface area contributed by atoms with Crippen LogP contribution in [0.4, 0.5) is 8.78 Å². The summed E-state index contributed by atoms with van der Waals surface area (Å²) in [5.74, 6) is -6.25. The summed E-state index contributed by atoms with van der Waals surface area (Å²) in [6.45, 7) is 0. The highest BCUT2D eigenvalue weighted by molar-refractivity contribution is 5.96. The number of carbonyl (C=O) groups is 2. The lowest BCUT2D eigenvalue weighted by molar-refractivity contribution is -0.143. The molecule has 2 aromatic carbocycles. The topological polar surface area (TPSA) is 104 Å². The molecule has 0 fully saturated rings. The van der Waals surface area contributed by atoms with Crippen LogP contribution in [-0.2, 0) is 15.5 Å². The summed E-state index contributed by atoms with van der Waals surface area (Å²) in [5, 5.41) is 9.23. The van der Waals surface area contributed by atoms with Crippen molar-refractivity contribution in [2.45, 2.75) is 12.0 Å². The van der Waals surface area contributed by atoms with Crippen molar-refractivity contribution in [3.05, 3.63) is 77.5 Å². The molecular formula is C20H17F2N3O5. The van der Waals surface area contributed by atoms with E-state index in [9.17, 15) is 18.4 Å². The molecule has 1 atom stereocenters. The molecule has 0 radical (unpaired) electrons. The van der Waals surface area contributed by atoms with Crippen LogP contribution in [0.5, 0.6) is 5.75 Å². The van der Waals surface area contributed by atoms with Crippen LogP contribution >= 0.6 is 0 Å². The van der Waals surface area contributed by atoms with Crippen LogP contribution in [0, 0.1) is 0 Å². The SMILES string of the molecule is COC(=O)C(NC(=O)c1ccc(OC)cc1)c1nnc(C(F)(F)c2ccccc2)o1. The van der Waals surface area contributed by atoms with Crippen LogP contribution < -0.4 is 10.1 Å². The summed E-state index contributed by atoms with van der Waals surface area (Å²) in [6.07, 6.45) is 0. The number of nitrogens with zero attached hydrogens (tertiary/aromatic N) is 2. The third-order valence-corrected chi connectivity index (χ3v) is 4.16. The lowest BCUT2D eigenvalue weighted by atomic mass is 10.1. The second kappa shape index (κ2) is 8.68. The van der Waals surface area contributed by atoms with Gasteiger partial charge in [0.05, 0.1) is 14.2 Å². The fourth-order valence-electron chi connectivity index (χ4n) is 2.55. The number of esters is 1. The van der Waals surface area contributed by atoms with Crippen LogP contribution in [0.15, 0.2) is 59.0 Å². The molecule has 10 heteroatoms. The number of aromatic nitrogens is 2. The van der Waals surface area contributed by atoms with E-state index in [-0.39, 0.29) is 11.1 Å². The zero-order valence-corrected chi connectivity index (χ0v) is 16.0. The second-order valence-corrected chi connectivity index (χ2v) is 6.04. The first kappa shape index (κ1) is 20.9. The molecule has 156 valence electrons.